The molecule has 0 saturated carbocycles. The van der Waals surface area contributed by atoms with Crippen molar-refractivity contribution in [1.29, 1.82) is 0 Å². The molecule has 0 amide bonds. The molecule has 0 aliphatic carbocycles. The Labute approximate surface area is 133 Å². The summed E-state index contributed by atoms with van der Waals surface area (Å²) >= 11 is 3.38. The largest absolute Gasteiger partial charge is 0.490 e. The number of hydrogen-bond donors (Lipinski definition) is 2. The number of halogens is 1. The third-order valence-corrected chi connectivity index (χ3v) is 3.82. The van der Waals surface area contributed by atoms with Gasteiger partial charge in [-0.25, -0.2) is 0 Å². The normalized spacial score (nSPS) is 15.3. The molecule has 0 radical (unpaired) electrons. The van der Waals surface area contributed by atoms with E-state index in [1.807, 2.05) is 42.5 Å². The van der Waals surface area contributed by atoms with E-state index in [2.05, 4.69) is 15.9 Å². The summed E-state index contributed by atoms with van der Waals surface area (Å²) in [4.78, 5) is 0. The molecule has 2 N–H and O–H groups in total. The van der Waals surface area contributed by atoms with Crippen molar-refractivity contribution in [3.05, 3.63) is 64.1 Å². The predicted molar refractivity (Wildman–Crippen MR) is 86.3 cm³/mol. The summed E-state index contributed by atoms with van der Waals surface area (Å²) in [6.07, 6.45) is -0.640. The lowest BCUT2D eigenvalue weighted by Crippen LogP contribution is -2.29. The summed E-state index contributed by atoms with van der Waals surface area (Å²) in [5, 5.41) is 20.3. The Hall–Kier alpha value is -1.36. The van der Waals surface area contributed by atoms with E-state index in [9.17, 15) is 10.2 Å². The molecular formula is C17H19BrO3. The molecule has 2 rings (SSSR count). The molecule has 4 heteroatoms. The molecule has 112 valence electrons. The molecule has 0 aromatic heterocycles. The third kappa shape index (κ3) is 4.06. The number of benzene rings is 2. The summed E-state index contributed by atoms with van der Waals surface area (Å²) in [5.74, 6) is 0.574. The first kappa shape index (κ1) is 16.0. The smallest absolute Gasteiger partial charge is 0.125 e. The first-order chi connectivity index (χ1) is 9.90. The molecule has 0 aliphatic rings. The second-order valence-corrected chi connectivity index (χ2v) is 6.20. The summed E-state index contributed by atoms with van der Waals surface area (Å²) in [6.45, 7) is 3.51. The Kier molecular flexibility index (Phi) is 5.04. The minimum absolute atomic E-state index is 0.109. The van der Waals surface area contributed by atoms with Crippen LogP contribution in [-0.4, -0.2) is 16.8 Å². The van der Waals surface area contributed by atoms with Crippen LogP contribution in [0.5, 0.6) is 5.75 Å². The lowest BCUT2D eigenvalue weighted by atomic mass is 9.97. The van der Waals surface area contributed by atoms with Gasteiger partial charge in [-0.3, -0.25) is 0 Å². The van der Waals surface area contributed by atoms with Crippen LogP contribution in [0.1, 0.15) is 31.1 Å². The Bertz CT molecular complexity index is 594. The summed E-state index contributed by atoms with van der Waals surface area (Å²) < 4.78 is 6.62. The highest BCUT2D eigenvalue weighted by Crippen LogP contribution is 2.30. The van der Waals surface area contributed by atoms with Crippen molar-refractivity contribution >= 4 is 15.9 Å². The Morgan fingerprint density at radius 2 is 1.86 bits per heavy atom. The highest BCUT2D eigenvalue weighted by Gasteiger charge is 2.24. The van der Waals surface area contributed by atoms with Gasteiger partial charge < -0.3 is 14.9 Å². The highest BCUT2D eigenvalue weighted by atomic mass is 79.9. The molecule has 2 aromatic carbocycles. The molecule has 0 saturated heterocycles. The average Bonchev–Trinajstić information content (AvgIpc) is 2.47. The van der Waals surface area contributed by atoms with Crippen LogP contribution in [0.3, 0.4) is 0 Å². The van der Waals surface area contributed by atoms with Crippen LogP contribution in [0.25, 0.3) is 0 Å². The lowest BCUT2D eigenvalue weighted by Gasteiger charge is -2.25. The molecule has 0 bridgehead atoms. The van der Waals surface area contributed by atoms with Gasteiger partial charge in [-0.05, 0) is 37.6 Å². The fraction of sp³-hybridized carbons (Fsp3) is 0.294. The van der Waals surface area contributed by atoms with Crippen molar-refractivity contribution in [2.75, 3.05) is 6.61 Å². The zero-order valence-electron chi connectivity index (χ0n) is 12.1. The predicted octanol–water partition coefficient (Wildman–Crippen LogP) is 3.79. The van der Waals surface area contributed by atoms with Crippen LogP contribution in [0.4, 0.5) is 0 Å². The zero-order valence-corrected chi connectivity index (χ0v) is 13.7. The van der Waals surface area contributed by atoms with Gasteiger partial charge in [0.1, 0.15) is 18.0 Å². The number of rotatable bonds is 5. The van der Waals surface area contributed by atoms with Crippen molar-refractivity contribution in [2.45, 2.75) is 25.6 Å². The molecule has 0 fully saturated rings. The van der Waals surface area contributed by atoms with Crippen molar-refractivity contribution in [2.24, 2.45) is 0 Å². The van der Waals surface area contributed by atoms with Crippen molar-refractivity contribution in [1.82, 2.24) is 0 Å². The second-order valence-electron chi connectivity index (χ2n) is 5.29. The molecule has 0 heterocycles. The molecule has 1 unspecified atom stereocenters. The SMILES string of the molecule is C[C@@H](O)c1cc(Br)ccc1OCC(C)(O)c1ccccc1. The summed E-state index contributed by atoms with van der Waals surface area (Å²) in [7, 11) is 0. The molecular weight excluding hydrogens is 332 g/mol. The van der Waals surface area contributed by atoms with E-state index in [1.165, 1.54) is 0 Å². The number of aliphatic hydroxyl groups excluding tert-OH is 1. The minimum atomic E-state index is -1.09. The standard InChI is InChI=1S/C17H19BrO3/c1-12(19)15-10-14(18)8-9-16(15)21-11-17(2,20)13-6-4-3-5-7-13/h3-10,12,19-20H,11H2,1-2H3/t12-,17?/m1/s1. The van der Waals surface area contributed by atoms with Crippen LogP contribution >= 0.6 is 15.9 Å². The van der Waals surface area contributed by atoms with E-state index >= 15 is 0 Å². The topological polar surface area (TPSA) is 49.7 Å². The first-order valence-electron chi connectivity index (χ1n) is 6.78. The molecule has 3 nitrogen and oxygen atoms in total. The first-order valence-corrected chi connectivity index (χ1v) is 7.57. The van der Waals surface area contributed by atoms with E-state index in [1.54, 1.807) is 19.9 Å². The molecule has 0 aliphatic heterocycles. The van der Waals surface area contributed by atoms with Crippen molar-refractivity contribution in [3.63, 3.8) is 0 Å². The Morgan fingerprint density at radius 3 is 2.48 bits per heavy atom. The third-order valence-electron chi connectivity index (χ3n) is 3.33. The number of ether oxygens (including phenoxy) is 1. The van der Waals surface area contributed by atoms with Crippen LogP contribution in [-0.2, 0) is 5.60 Å². The van der Waals surface area contributed by atoms with Gasteiger partial charge in [-0.2, -0.15) is 0 Å². The zero-order chi connectivity index (χ0) is 15.5. The second kappa shape index (κ2) is 6.60. The maximum atomic E-state index is 10.5. The lowest BCUT2D eigenvalue weighted by molar-refractivity contribution is 0.00656. The van der Waals surface area contributed by atoms with Gasteiger partial charge in [0.25, 0.3) is 0 Å². The molecule has 0 spiro atoms. The van der Waals surface area contributed by atoms with Crippen LogP contribution in [0, 0.1) is 0 Å². The molecule has 21 heavy (non-hydrogen) atoms. The Balaban J connectivity index is 2.16. The summed E-state index contributed by atoms with van der Waals surface area (Å²) in [6, 6.07) is 14.8. The number of aliphatic hydroxyl groups is 2. The van der Waals surface area contributed by atoms with E-state index in [-0.39, 0.29) is 6.61 Å². The number of hydrogen-bond acceptors (Lipinski definition) is 3. The maximum Gasteiger partial charge on any atom is 0.125 e. The van der Waals surface area contributed by atoms with Crippen molar-refractivity contribution < 1.29 is 14.9 Å². The quantitative estimate of drug-likeness (QED) is 0.862. The van der Waals surface area contributed by atoms with E-state index in [0.717, 1.165) is 10.0 Å². The van der Waals surface area contributed by atoms with Gasteiger partial charge in [-0.1, -0.05) is 46.3 Å². The van der Waals surface area contributed by atoms with Gasteiger partial charge in [0, 0.05) is 10.0 Å². The minimum Gasteiger partial charge on any atom is -0.490 e. The highest BCUT2D eigenvalue weighted by molar-refractivity contribution is 9.10. The van der Waals surface area contributed by atoms with Gasteiger partial charge in [0.15, 0.2) is 0 Å². The van der Waals surface area contributed by atoms with Gasteiger partial charge in [-0.15, -0.1) is 0 Å². The monoisotopic (exact) mass is 350 g/mol. The van der Waals surface area contributed by atoms with Gasteiger partial charge in [0.05, 0.1) is 6.10 Å². The fourth-order valence-corrected chi connectivity index (χ4v) is 2.45. The summed E-state index contributed by atoms with van der Waals surface area (Å²) in [5.41, 5.74) is 0.388. The van der Waals surface area contributed by atoms with Crippen LogP contribution in [0.15, 0.2) is 53.0 Å². The maximum absolute atomic E-state index is 10.5. The molecule has 2 aromatic rings. The average molecular weight is 351 g/mol. The van der Waals surface area contributed by atoms with E-state index < -0.39 is 11.7 Å². The van der Waals surface area contributed by atoms with Crippen LogP contribution < -0.4 is 4.74 Å². The van der Waals surface area contributed by atoms with Crippen LogP contribution in [0.2, 0.25) is 0 Å². The fourth-order valence-electron chi connectivity index (χ4n) is 2.08. The molecule has 2 atom stereocenters. The van der Waals surface area contributed by atoms with Crippen molar-refractivity contribution in [3.8, 4) is 5.75 Å². The Morgan fingerprint density at radius 1 is 1.19 bits per heavy atom. The van der Waals surface area contributed by atoms with E-state index in [4.69, 9.17) is 4.74 Å². The van der Waals surface area contributed by atoms with Gasteiger partial charge in [0.2, 0.25) is 0 Å². The van der Waals surface area contributed by atoms with E-state index in [0.29, 0.717) is 11.3 Å². The van der Waals surface area contributed by atoms with Gasteiger partial charge >= 0.3 is 0 Å².